The third kappa shape index (κ3) is 1.79. The summed E-state index contributed by atoms with van der Waals surface area (Å²) in [5.74, 6) is 0.149. The topological polar surface area (TPSA) is 140 Å². The number of aromatic hydroxyl groups is 1. The van der Waals surface area contributed by atoms with Gasteiger partial charge in [-0.25, -0.2) is 9.97 Å². The Kier molecular flexibility index (Phi) is 2.73. The first-order valence-corrected chi connectivity index (χ1v) is 5.73. The average molecular weight is 267 g/mol. The molecule has 0 spiro atoms. The minimum absolute atomic E-state index is 0.149. The van der Waals surface area contributed by atoms with Crippen molar-refractivity contribution >= 4 is 17.0 Å². The van der Waals surface area contributed by atoms with Gasteiger partial charge in [0.05, 0.1) is 12.7 Å². The van der Waals surface area contributed by atoms with Crippen LogP contribution in [0, 0.1) is 0 Å². The summed E-state index contributed by atoms with van der Waals surface area (Å²) in [6.45, 7) is -0.303. The lowest BCUT2D eigenvalue weighted by Crippen LogP contribution is -2.24. The van der Waals surface area contributed by atoms with E-state index in [1.165, 1.54) is 10.9 Å². The molecule has 1 aliphatic rings. The van der Waals surface area contributed by atoms with Crippen LogP contribution in [0.5, 0.6) is 6.01 Å². The second kappa shape index (κ2) is 4.30. The number of nitrogens with zero attached hydrogens (tertiary/aromatic N) is 4. The van der Waals surface area contributed by atoms with Gasteiger partial charge in [-0.1, -0.05) is 0 Å². The fraction of sp³-hybridized carbons (Fsp3) is 0.500. The Morgan fingerprint density at radius 1 is 1.47 bits per heavy atom. The van der Waals surface area contributed by atoms with Gasteiger partial charge in [-0.15, -0.1) is 0 Å². The number of anilines is 1. The summed E-state index contributed by atoms with van der Waals surface area (Å²) < 4.78 is 6.78. The molecule has 3 heterocycles. The number of aliphatic hydroxyl groups excluding tert-OH is 2. The number of hydrogen-bond acceptors (Lipinski definition) is 8. The minimum Gasteiger partial charge on any atom is -0.480 e. The van der Waals surface area contributed by atoms with Crippen LogP contribution in [-0.2, 0) is 4.74 Å². The predicted molar refractivity (Wildman–Crippen MR) is 63.0 cm³/mol. The van der Waals surface area contributed by atoms with E-state index in [-0.39, 0.29) is 30.4 Å². The fourth-order valence-corrected chi connectivity index (χ4v) is 2.22. The summed E-state index contributed by atoms with van der Waals surface area (Å²) in [4.78, 5) is 11.7. The van der Waals surface area contributed by atoms with Crippen molar-refractivity contribution in [3.63, 3.8) is 0 Å². The van der Waals surface area contributed by atoms with Crippen molar-refractivity contribution in [2.45, 2.75) is 24.9 Å². The monoisotopic (exact) mass is 267 g/mol. The van der Waals surface area contributed by atoms with Crippen LogP contribution in [0.4, 0.5) is 5.82 Å². The molecule has 0 aliphatic carbocycles. The van der Waals surface area contributed by atoms with Gasteiger partial charge in [-0.2, -0.15) is 4.98 Å². The number of nitrogens with two attached hydrogens (primary N) is 1. The van der Waals surface area contributed by atoms with E-state index in [0.29, 0.717) is 5.65 Å². The standard InChI is InChI=1S/C10H13N5O4/c11-8-7-9(13-3-12-8)15(10(18)14-7)6-1-4(17)5(2-16)19-6/h3-6,16-17H,1-2H2,(H,14,18)(H2,11,12,13)/t4?,5-,6-/m1/s1. The predicted octanol–water partition coefficient (Wildman–Crippen LogP) is -1.25. The summed E-state index contributed by atoms with van der Waals surface area (Å²) in [6.07, 6.45) is -0.697. The fourth-order valence-electron chi connectivity index (χ4n) is 2.22. The van der Waals surface area contributed by atoms with E-state index in [2.05, 4.69) is 15.0 Å². The van der Waals surface area contributed by atoms with Gasteiger partial charge in [-0.05, 0) is 0 Å². The summed E-state index contributed by atoms with van der Waals surface area (Å²) in [5.41, 5.74) is 6.24. The number of ether oxygens (including phenoxy) is 1. The van der Waals surface area contributed by atoms with Gasteiger partial charge in [0, 0.05) is 6.42 Å². The third-order valence-corrected chi connectivity index (χ3v) is 3.16. The zero-order valence-electron chi connectivity index (χ0n) is 9.84. The van der Waals surface area contributed by atoms with Crippen molar-refractivity contribution in [2.75, 3.05) is 12.3 Å². The lowest BCUT2D eigenvalue weighted by Gasteiger charge is -2.14. The molecular formula is C10H13N5O4. The van der Waals surface area contributed by atoms with Gasteiger partial charge in [0.1, 0.15) is 18.7 Å². The molecule has 5 N–H and O–H groups in total. The molecule has 0 bridgehead atoms. The highest BCUT2D eigenvalue weighted by molar-refractivity contribution is 5.82. The molecule has 1 fully saturated rings. The smallest absolute Gasteiger partial charge is 0.298 e. The molecule has 0 aromatic carbocycles. The van der Waals surface area contributed by atoms with E-state index in [9.17, 15) is 10.2 Å². The first kappa shape index (κ1) is 12.1. The lowest BCUT2D eigenvalue weighted by atomic mass is 10.2. The highest BCUT2D eigenvalue weighted by atomic mass is 16.5. The third-order valence-electron chi connectivity index (χ3n) is 3.16. The van der Waals surface area contributed by atoms with Gasteiger partial charge in [0.2, 0.25) is 0 Å². The summed E-state index contributed by atoms with van der Waals surface area (Å²) >= 11 is 0. The minimum atomic E-state index is -0.814. The number of imidazole rings is 1. The van der Waals surface area contributed by atoms with E-state index in [1.807, 2.05) is 0 Å². The highest BCUT2D eigenvalue weighted by Crippen LogP contribution is 2.34. The second-order valence-electron chi connectivity index (χ2n) is 4.33. The van der Waals surface area contributed by atoms with Crippen LogP contribution in [0.25, 0.3) is 11.2 Å². The Bertz CT molecular complexity index is 615. The van der Waals surface area contributed by atoms with E-state index >= 15 is 0 Å². The Labute approximate surface area is 107 Å². The molecular weight excluding hydrogens is 254 g/mol. The summed E-state index contributed by atoms with van der Waals surface area (Å²) in [5, 5.41) is 28.6. The van der Waals surface area contributed by atoms with Gasteiger partial charge >= 0.3 is 0 Å². The summed E-state index contributed by atoms with van der Waals surface area (Å²) in [6, 6.07) is -0.321. The second-order valence-corrected chi connectivity index (χ2v) is 4.33. The maximum Gasteiger partial charge on any atom is 0.298 e. The number of fused-ring (bicyclic) bond motifs is 1. The Hall–Kier alpha value is -1.97. The van der Waals surface area contributed by atoms with Gasteiger partial charge in [0.25, 0.3) is 6.01 Å². The van der Waals surface area contributed by atoms with Crippen LogP contribution < -0.4 is 5.73 Å². The van der Waals surface area contributed by atoms with Gasteiger partial charge < -0.3 is 25.8 Å². The molecule has 0 amide bonds. The molecule has 3 atom stereocenters. The van der Waals surface area contributed by atoms with Crippen molar-refractivity contribution in [3.05, 3.63) is 6.33 Å². The van der Waals surface area contributed by atoms with Crippen molar-refractivity contribution in [2.24, 2.45) is 0 Å². The normalized spacial score (nSPS) is 27.2. The number of rotatable bonds is 2. The van der Waals surface area contributed by atoms with E-state index in [0.717, 1.165) is 0 Å². The molecule has 2 aromatic rings. The maximum atomic E-state index is 9.87. The van der Waals surface area contributed by atoms with Crippen molar-refractivity contribution in [1.29, 1.82) is 0 Å². The highest BCUT2D eigenvalue weighted by Gasteiger charge is 2.36. The van der Waals surface area contributed by atoms with Crippen LogP contribution in [0.15, 0.2) is 6.33 Å². The molecule has 1 aliphatic heterocycles. The summed E-state index contributed by atoms with van der Waals surface area (Å²) in [7, 11) is 0. The van der Waals surface area contributed by atoms with E-state index in [4.69, 9.17) is 15.6 Å². The molecule has 1 unspecified atom stereocenters. The zero-order chi connectivity index (χ0) is 13.6. The van der Waals surface area contributed by atoms with Crippen LogP contribution in [0.2, 0.25) is 0 Å². The molecule has 3 rings (SSSR count). The van der Waals surface area contributed by atoms with Gasteiger partial charge in [0.15, 0.2) is 17.0 Å². The molecule has 9 nitrogen and oxygen atoms in total. The first-order valence-electron chi connectivity index (χ1n) is 5.73. The Balaban J connectivity index is 2.06. The Morgan fingerprint density at radius 3 is 2.95 bits per heavy atom. The molecule has 9 heteroatoms. The number of hydrogen-bond donors (Lipinski definition) is 4. The molecule has 102 valence electrons. The molecule has 1 saturated heterocycles. The van der Waals surface area contributed by atoms with Crippen LogP contribution in [0.3, 0.4) is 0 Å². The molecule has 2 aromatic heterocycles. The first-order chi connectivity index (χ1) is 9.11. The van der Waals surface area contributed by atoms with E-state index in [1.54, 1.807) is 0 Å². The maximum absolute atomic E-state index is 9.87. The lowest BCUT2D eigenvalue weighted by molar-refractivity contribution is -0.0450. The number of nitrogen functional groups attached to an aromatic ring is 1. The molecule has 19 heavy (non-hydrogen) atoms. The van der Waals surface area contributed by atoms with E-state index < -0.39 is 18.4 Å². The quantitative estimate of drug-likeness (QED) is 0.529. The van der Waals surface area contributed by atoms with Gasteiger partial charge in [-0.3, -0.25) is 4.57 Å². The van der Waals surface area contributed by atoms with Crippen molar-refractivity contribution in [3.8, 4) is 6.01 Å². The Morgan fingerprint density at radius 2 is 2.26 bits per heavy atom. The van der Waals surface area contributed by atoms with Crippen molar-refractivity contribution < 1.29 is 20.1 Å². The number of aliphatic hydroxyl groups is 2. The zero-order valence-corrected chi connectivity index (χ0v) is 9.84. The molecule has 0 radical (unpaired) electrons. The number of aromatic nitrogens is 4. The van der Waals surface area contributed by atoms with Crippen LogP contribution in [0.1, 0.15) is 12.6 Å². The van der Waals surface area contributed by atoms with Crippen LogP contribution in [-0.4, -0.2) is 53.7 Å². The largest absolute Gasteiger partial charge is 0.480 e. The SMILES string of the molecule is Nc1ncnc2c1nc(O)n2[C@H]1CC(O)[C@@H](CO)O1. The van der Waals surface area contributed by atoms with Crippen LogP contribution >= 0.6 is 0 Å². The van der Waals surface area contributed by atoms with Crippen molar-refractivity contribution in [1.82, 2.24) is 19.5 Å². The molecule has 0 saturated carbocycles. The average Bonchev–Trinajstić information content (AvgIpc) is 2.90.